The van der Waals surface area contributed by atoms with Gasteiger partial charge in [-0.1, -0.05) is 19.1 Å². The van der Waals surface area contributed by atoms with E-state index < -0.39 is 0 Å². The standard InChI is InChI=1S/C15H21N5O/c1-15(6-8-21-9-7-15)10-17-13-11-4-2-3-5-12(11)18-14(19-13)20-16/h2-5H,6-10,16H2,1H3,(H2,17,18,19,20). The zero-order valence-corrected chi connectivity index (χ0v) is 12.2. The summed E-state index contributed by atoms with van der Waals surface area (Å²) in [5, 5.41) is 4.48. The summed E-state index contributed by atoms with van der Waals surface area (Å²) < 4.78 is 5.44. The van der Waals surface area contributed by atoms with Crippen molar-refractivity contribution in [2.75, 3.05) is 30.5 Å². The van der Waals surface area contributed by atoms with Gasteiger partial charge in [0, 0.05) is 25.1 Å². The minimum absolute atomic E-state index is 0.237. The van der Waals surface area contributed by atoms with Crippen LogP contribution < -0.4 is 16.6 Å². The molecule has 0 bridgehead atoms. The molecule has 0 saturated carbocycles. The predicted molar refractivity (Wildman–Crippen MR) is 84.0 cm³/mol. The summed E-state index contributed by atoms with van der Waals surface area (Å²) in [6.07, 6.45) is 2.12. The van der Waals surface area contributed by atoms with Gasteiger partial charge in [0.2, 0.25) is 5.95 Å². The van der Waals surface area contributed by atoms with Crippen LogP contribution in [0.1, 0.15) is 19.8 Å². The van der Waals surface area contributed by atoms with Crippen LogP contribution in [0.4, 0.5) is 11.8 Å². The predicted octanol–water partition coefficient (Wildman–Crippen LogP) is 2.14. The van der Waals surface area contributed by atoms with Crippen LogP contribution in [0.15, 0.2) is 24.3 Å². The average Bonchev–Trinajstić information content (AvgIpc) is 2.53. The van der Waals surface area contributed by atoms with Crippen molar-refractivity contribution in [2.45, 2.75) is 19.8 Å². The molecule has 1 aromatic carbocycles. The van der Waals surface area contributed by atoms with Crippen molar-refractivity contribution >= 4 is 22.7 Å². The fraction of sp³-hybridized carbons (Fsp3) is 0.467. The maximum Gasteiger partial charge on any atom is 0.239 e. The first-order chi connectivity index (χ1) is 10.2. The minimum atomic E-state index is 0.237. The Morgan fingerprint density at radius 3 is 2.76 bits per heavy atom. The number of nitrogens with zero attached hydrogens (tertiary/aromatic N) is 2. The Kier molecular flexibility index (Phi) is 3.90. The molecule has 0 atom stereocenters. The van der Waals surface area contributed by atoms with Crippen molar-refractivity contribution in [3.63, 3.8) is 0 Å². The summed E-state index contributed by atoms with van der Waals surface area (Å²) in [6.45, 7) is 4.81. The van der Waals surface area contributed by atoms with E-state index in [1.54, 1.807) is 0 Å². The Balaban J connectivity index is 1.85. The van der Waals surface area contributed by atoms with E-state index in [-0.39, 0.29) is 5.41 Å². The molecule has 1 fully saturated rings. The number of anilines is 2. The smallest absolute Gasteiger partial charge is 0.239 e. The molecule has 0 spiro atoms. The monoisotopic (exact) mass is 287 g/mol. The topological polar surface area (TPSA) is 85.1 Å². The number of nitrogen functional groups attached to an aromatic ring is 1. The van der Waals surface area contributed by atoms with E-state index in [2.05, 4.69) is 27.6 Å². The molecule has 1 aliphatic heterocycles. The van der Waals surface area contributed by atoms with Gasteiger partial charge in [-0.25, -0.2) is 10.8 Å². The van der Waals surface area contributed by atoms with Crippen molar-refractivity contribution in [3.8, 4) is 0 Å². The first-order valence-electron chi connectivity index (χ1n) is 7.25. The fourth-order valence-corrected chi connectivity index (χ4v) is 2.61. The maximum atomic E-state index is 5.46. The van der Waals surface area contributed by atoms with Crippen LogP contribution in [-0.4, -0.2) is 29.7 Å². The number of benzene rings is 1. The second-order valence-electron chi connectivity index (χ2n) is 5.83. The van der Waals surface area contributed by atoms with E-state index in [4.69, 9.17) is 10.6 Å². The zero-order chi connectivity index (χ0) is 14.7. The SMILES string of the molecule is CC1(CNc2nc(NN)nc3ccccc23)CCOCC1. The quantitative estimate of drug-likeness (QED) is 0.590. The summed E-state index contributed by atoms with van der Waals surface area (Å²) in [6, 6.07) is 7.92. The van der Waals surface area contributed by atoms with E-state index in [1.165, 1.54) is 0 Å². The molecule has 0 aliphatic carbocycles. The van der Waals surface area contributed by atoms with Gasteiger partial charge >= 0.3 is 0 Å². The van der Waals surface area contributed by atoms with Gasteiger partial charge in [0.1, 0.15) is 5.82 Å². The minimum Gasteiger partial charge on any atom is -0.381 e. The molecule has 21 heavy (non-hydrogen) atoms. The molecule has 6 nitrogen and oxygen atoms in total. The fourth-order valence-electron chi connectivity index (χ4n) is 2.61. The highest BCUT2D eigenvalue weighted by Gasteiger charge is 2.27. The molecule has 0 radical (unpaired) electrons. The van der Waals surface area contributed by atoms with Crippen LogP contribution in [-0.2, 0) is 4.74 Å². The summed E-state index contributed by atoms with van der Waals surface area (Å²) in [7, 11) is 0. The van der Waals surface area contributed by atoms with Crippen molar-refractivity contribution in [3.05, 3.63) is 24.3 Å². The van der Waals surface area contributed by atoms with Crippen molar-refractivity contribution in [2.24, 2.45) is 11.3 Å². The third-order valence-electron chi connectivity index (χ3n) is 4.11. The van der Waals surface area contributed by atoms with Gasteiger partial charge in [-0.2, -0.15) is 4.98 Å². The lowest BCUT2D eigenvalue weighted by atomic mass is 9.82. The van der Waals surface area contributed by atoms with E-state index in [0.717, 1.165) is 49.3 Å². The van der Waals surface area contributed by atoms with Gasteiger partial charge in [-0.3, -0.25) is 5.43 Å². The molecular formula is C15H21N5O. The number of aromatic nitrogens is 2. The number of para-hydroxylation sites is 1. The largest absolute Gasteiger partial charge is 0.381 e. The third-order valence-corrected chi connectivity index (χ3v) is 4.11. The van der Waals surface area contributed by atoms with Gasteiger partial charge in [0.05, 0.1) is 5.52 Å². The summed E-state index contributed by atoms with van der Waals surface area (Å²) in [5.74, 6) is 6.70. The molecule has 0 unspecified atom stereocenters. The first kappa shape index (κ1) is 14.0. The highest BCUT2D eigenvalue weighted by Crippen LogP contribution is 2.31. The molecule has 1 aromatic heterocycles. The lowest BCUT2D eigenvalue weighted by Gasteiger charge is -2.33. The maximum absolute atomic E-state index is 5.46. The normalized spacial score (nSPS) is 17.6. The van der Waals surface area contributed by atoms with Crippen LogP contribution in [0.25, 0.3) is 10.9 Å². The summed E-state index contributed by atoms with van der Waals surface area (Å²) >= 11 is 0. The molecule has 2 heterocycles. The number of rotatable bonds is 4. The molecular weight excluding hydrogens is 266 g/mol. The number of hydrogen-bond acceptors (Lipinski definition) is 6. The van der Waals surface area contributed by atoms with Crippen LogP contribution in [0.3, 0.4) is 0 Å². The molecule has 2 aromatic rings. The Bertz CT molecular complexity index is 624. The zero-order valence-electron chi connectivity index (χ0n) is 12.2. The first-order valence-corrected chi connectivity index (χ1v) is 7.25. The van der Waals surface area contributed by atoms with E-state index in [1.807, 2.05) is 24.3 Å². The molecule has 0 amide bonds. The Morgan fingerprint density at radius 2 is 2.00 bits per heavy atom. The lowest BCUT2D eigenvalue weighted by molar-refractivity contribution is 0.0300. The number of hydrogen-bond donors (Lipinski definition) is 3. The Labute approximate surface area is 124 Å². The summed E-state index contributed by atoms with van der Waals surface area (Å²) in [5.41, 5.74) is 3.64. The van der Waals surface area contributed by atoms with Gasteiger partial charge < -0.3 is 10.1 Å². The van der Waals surface area contributed by atoms with Crippen molar-refractivity contribution < 1.29 is 4.74 Å². The van der Waals surface area contributed by atoms with Gasteiger partial charge in [0.15, 0.2) is 0 Å². The number of ether oxygens (including phenoxy) is 1. The Morgan fingerprint density at radius 1 is 1.24 bits per heavy atom. The van der Waals surface area contributed by atoms with Gasteiger partial charge in [0.25, 0.3) is 0 Å². The molecule has 3 rings (SSSR count). The van der Waals surface area contributed by atoms with E-state index in [9.17, 15) is 0 Å². The van der Waals surface area contributed by atoms with Crippen LogP contribution in [0.2, 0.25) is 0 Å². The second-order valence-corrected chi connectivity index (χ2v) is 5.83. The van der Waals surface area contributed by atoms with Gasteiger partial charge in [-0.05, 0) is 30.4 Å². The molecule has 6 heteroatoms. The highest BCUT2D eigenvalue weighted by atomic mass is 16.5. The second kappa shape index (κ2) is 5.83. The molecule has 112 valence electrons. The number of hydrazine groups is 1. The lowest BCUT2D eigenvalue weighted by Crippen LogP contribution is -2.33. The number of nitrogens with two attached hydrogens (primary N) is 1. The van der Waals surface area contributed by atoms with Gasteiger partial charge in [-0.15, -0.1) is 0 Å². The van der Waals surface area contributed by atoms with Crippen LogP contribution in [0.5, 0.6) is 0 Å². The number of nitrogens with one attached hydrogen (secondary N) is 2. The van der Waals surface area contributed by atoms with Crippen LogP contribution >= 0.6 is 0 Å². The van der Waals surface area contributed by atoms with E-state index in [0.29, 0.717) is 5.95 Å². The average molecular weight is 287 g/mol. The van der Waals surface area contributed by atoms with Crippen molar-refractivity contribution in [1.29, 1.82) is 0 Å². The Hall–Kier alpha value is -1.92. The van der Waals surface area contributed by atoms with Crippen LogP contribution in [0, 0.1) is 5.41 Å². The molecule has 1 aliphatic rings. The number of fused-ring (bicyclic) bond motifs is 1. The molecule has 1 saturated heterocycles. The third kappa shape index (κ3) is 3.06. The summed E-state index contributed by atoms with van der Waals surface area (Å²) in [4.78, 5) is 8.80. The van der Waals surface area contributed by atoms with E-state index >= 15 is 0 Å². The van der Waals surface area contributed by atoms with Crippen molar-refractivity contribution in [1.82, 2.24) is 9.97 Å². The molecule has 4 N–H and O–H groups in total. The highest BCUT2D eigenvalue weighted by molar-refractivity contribution is 5.89.